The van der Waals surface area contributed by atoms with Gasteiger partial charge in [-0.15, -0.1) is 0 Å². The van der Waals surface area contributed by atoms with Crippen molar-refractivity contribution in [1.29, 1.82) is 0 Å². The highest BCUT2D eigenvalue weighted by Crippen LogP contribution is 2.14. The SMILES string of the molecule is CCOC(=O)C(CCN(C)CC1CCCOC1)NC. The molecule has 0 spiro atoms. The number of nitrogens with one attached hydrogen (secondary N) is 1. The van der Waals surface area contributed by atoms with Gasteiger partial charge in [-0.2, -0.15) is 0 Å². The summed E-state index contributed by atoms with van der Waals surface area (Å²) in [5, 5.41) is 3.02. The van der Waals surface area contributed by atoms with Gasteiger partial charge in [0.2, 0.25) is 0 Å². The van der Waals surface area contributed by atoms with E-state index in [1.54, 1.807) is 7.05 Å². The van der Waals surface area contributed by atoms with Gasteiger partial charge >= 0.3 is 5.97 Å². The van der Waals surface area contributed by atoms with Crippen LogP contribution >= 0.6 is 0 Å². The molecule has 0 amide bonds. The molecule has 0 aromatic carbocycles. The van der Waals surface area contributed by atoms with Crippen LogP contribution in [0.2, 0.25) is 0 Å². The Hall–Kier alpha value is -0.650. The molecule has 1 aliphatic rings. The zero-order valence-corrected chi connectivity index (χ0v) is 12.5. The van der Waals surface area contributed by atoms with E-state index in [2.05, 4.69) is 17.3 Å². The Morgan fingerprint density at radius 3 is 2.95 bits per heavy atom. The molecular weight excluding hydrogens is 244 g/mol. The molecule has 0 radical (unpaired) electrons. The van der Waals surface area contributed by atoms with Crippen molar-refractivity contribution in [3.63, 3.8) is 0 Å². The average Bonchev–Trinajstić information content (AvgIpc) is 2.41. The van der Waals surface area contributed by atoms with Crippen LogP contribution in [0.15, 0.2) is 0 Å². The van der Waals surface area contributed by atoms with E-state index in [1.165, 1.54) is 12.8 Å². The van der Waals surface area contributed by atoms with Gasteiger partial charge in [-0.25, -0.2) is 0 Å². The van der Waals surface area contributed by atoms with Crippen molar-refractivity contribution < 1.29 is 14.3 Å². The quantitative estimate of drug-likeness (QED) is 0.665. The lowest BCUT2D eigenvalue weighted by Crippen LogP contribution is -2.39. The summed E-state index contributed by atoms with van der Waals surface area (Å²) in [5.74, 6) is 0.480. The largest absolute Gasteiger partial charge is 0.465 e. The van der Waals surface area contributed by atoms with E-state index in [4.69, 9.17) is 9.47 Å². The van der Waals surface area contributed by atoms with E-state index in [0.717, 1.165) is 32.7 Å². The molecule has 19 heavy (non-hydrogen) atoms. The van der Waals surface area contributed by atoms with E-state index in [9.17, 15) is 4.79 Å². The summed E-state index contributed by atoms with van der Waals surface area (Å²) in [5.41, 5.74) is 0. The van der Waals surface area contributed by atoms with Crippen LogP contribution in [0.1, 0.15) is 26.2 Å². The maximum Gasteiger partial charge on any atom is 0.323 e. The van der Waals surface area contributed by atoms with Gasteiger partial charge in [0.25, 0.3) is 0 Å². The van der Waals surface area contributed by atoms with E-state index < -0.39 is 0 Å². The van der Waals surface area contributed by atoms with E-state index >= 15 is 0 Å². The molecule has 0 aromatic heterocycles. The molecule has 1 saturated heterocycles. The maximum atomic E-state index is 11.7. The molecule has 0 aliphatic carbocycles. The minimum atomic E-state index is -0.204. The third kappa shape index (κ3) is 6.36. The number of hydrogen-bond acceptors (Lipinski definition) is 5. The molecule has 1 rings (SSSR count). The van der Waals surface area contributed by atoms with Crippen molar-refractivity contribution in [2.45, 2.75) is 32.2 Å². The summed E-state index contributed by atoms with van der Waals surface area (Å²) in [6, 6.07) is -0.204. The Labute approximate surface area is 116 Å². The van der Waals surface area contributed by atoms with E-state index in [-0.39, 0.29) is 12.0 Å². The van der Waals surface area contributed by atoms with Crippen LogP contribution in [0.5, 0.6) is 0 Å². The highest BCUT2D eigenvalue weighted by atomic mass is 16.5. The van der Waals surface area contributed by atoms with Gasteiger partial charge in [0.15, 0.2) is 0 Å². The first kappa shape index (κ1) is 16.4. The second-order valence-corrected chi connectivity index (χ2v) is 5.23. The van der Waals surface area contributed by atoms with E-state index in [0.29, 0.717) is 12.5 Å². The van der Waals surface area contributed by atoms with Crippen LogP contribution in [0, 0.1) is 5.92 Å². The summed E-state index contributed by atoms with van der Waals surface area (Å²) in [4.78, 5) is 13.9. The van der Waals surface area contributed by atoms with Crippen molar-refractivity contribution in [2.75, 3.05) is 47.0 Å². The molecule has 0 saturated carbocycles. The molecule has 2 unspecified atom stereocenters. The summed E-state index contributed by atoms with van der Waals surface area (Å²) < 4.78 is 10.5. The van der Waals surface area contributed by atoms with Gasteiger partial charge in [-0.3, -0.25) is 4.79 Å². The minimum Gasteiger partial charge on any atom is -0.465 e. The summed E-state index contributed by atoms with van der Waals surface area (Å²) in [7, 11) is 3.91. The number of likely N-dealkylation sites (N-methyl/N-ethyl adjacent to an activating group) is 1. The van der Waals surface area contributed by atoms with Crippen molar-refractivity contribution in [2.24, 2.45) is 5.92 Å². The molecule has 2 atom stereocenters. The molecule has 1 N–H and O–H groups in total. The number of carbonyl (C=O) groups is 1. The third-order valence-corrected chi connectivity index (χ3v) is 3.54. The Balaban J connectivity index is 2.23. The van der Waals surface area contributed by atoms with E-state index in [1.807, 2.05) is 6.92 Å². The Kier molecular flexibility index (Phi) is 8.02. The van der Waals surface area contributed by atoms with Crippen molar-refractivity contribution in [1.82, 2.24) is 10.2 Å². The van der Waals surface area contributed by atoms with Crippen molar-refractivity contribution in [3.05, 3.63) is 0 Å². The molecule has 5 nitrogen and oxygen atoms in total. The van der Waals surface area contributed by atoms with Gasteiger partial charge in [-0.05, 0) is 52.7 Å². The standard InChI is InChI=1S/C14H28N2O3/c1-4-19-14(17)13(15-2)7-8-16(3)10-12-6-5-9-18-11-12/h12-13,15H,4-11H2,1-3H3. The topological polar surface area (TPSA) is 50.8 Å². The molecule has 1 fully saturated rings. The Bertz CT molecular complexity index is 255. The second-order valence-electron chi connectivity index (χ2n) is 5.23. The minimum absolute atomic E-state index is 0.153. The lowest BCUT2D eigenvalue weighted by Gasteiger charge is -2.27. The molecule has 112 valence electrons. The highest BCUT2D eigenvalue weighted by molar-refractivity contribution is 5.75. The maximum absolute atomic E-state index is 11.7. The summed E-state index contributed by atoms with van der Waals surface area (Å²) in [6.07, 6.45) is 3.19. The number of nitrogens with zero attached hydrogens (tertiary/aromatic N) is 1. The first-order valence-electron chi connectivity index (χ1n) is 7.27. The van der Waals surface area contributed by atoms with Gasteiger partial charge in [0.05, 0.1) is 13.2 Å². The fourth-order valence-corrected chi connectivity index (χ4v) is 2.46. The second kappa shape index (κ2) is 9.28. The molecule has 1 heterocycles. The average molecular weight is 272 g/mol. The molecule has 0 bridgehead atoms. The van der Waals surface area contributed by atoms with Crippen LogP contribution in [0.4, 0.5) is 0 Å². The molecule has 0 aromatic rings. The first-order valence-corrected chi connectivity index (χ1v) is 7.27. The number of rotatable bonds is 8. The van der Waals surface area contributed by atoms with Crippen LogP contribution < -0.4 is 5.32 Å². The molecular formula is C14H28N2O3. The fourth-order valence-electron chi connectivity index (χ4n) is 2.46. The summed E-state index contributed by atoms with van der Waals surface area (Å²) >= 11 is 0. The third-order valence-electron chi connectivity index (χ3n) is 3.54. The predicted molar refractivity (Wildman–Crippen MR) is 75.1 cm³/mol. The highest BCUT2D eigenvalue weighted by Gasteiger charge is 2.20. The van der Waals surface area contributed by atoms with Gasteiger partial charge in [0, 0.05) is 13.2 Å². The summed E-state index contributed by atoms with van der Waals surface area (Å²) in [6.45, 7) is 5.98. The van der Waals surface area contributed by atoms with Gasteiger partial charge < -0.3 is 19.7 Å². The predicted octanol–water partition coefficient (Wildman–Crippen LogP) is 0.886. The number of ether oxygens (including phenoxy) is 2. The monoisotopic (exact) mass is 272 g/mol. The zero-order valence-electron chi connectivity index (χ0n) is 12.5. The number of hydrogen-bond donors (Lipinski definition) is 1. The van der Waals surface area contributed by atoms with Crippen LogP contribution in [0.25, 0.3) is 0 Å². The van der Waals surface area contributed by atoms with Crippen molar-refractivity contribution >= 4 is 5.97 Å². The van der Waals surface area contributed by atoms with Gasteiger partial charge in [-0.1, -0.05) is 0 Å². The molecule has 1 aliphatic heterocycles. The van der Waals surface area contributed by atoms with Crippen LogP contribution in [0.3, 0.4) is 0 Å². The first-order chi connectivity index (χ1) is 9.17. The zero-order chi connectivity index (χ0) is 14.1. The van der Waals surface area contributed by atoms with Crippen molar-refractivity contribution in [3.8, 4) is 0 Å². The van der Waals surface area contributed by atoms with Crippen LogP contribution in [-0.4, -0.2) is 63.9 Å². The Morgan fingerprint density at radius 1 is 1.58 bits per heavy atom. The van der Waals surface area contributed by atoms with Gasteiger partial charge in [0.1, 0.15) is 6.04 Å². The number of carbonyl (C=O) groups excluding carboxylic acids is 1. The lowest BCUT2D eigenvalue weighted by atomic mass is 10.0. The normalized spacial score (nSPS) is 21.4. The lowest BCUT2D eigenvalue weighted by molar-refractivity contribution is -0.145. The number of esters is 1. The fraction of sp³-hybridized carbons (Fsp3) is 0.929. The Morgan fingerprint density at radius 2 is 2.37 bits per heavy atom. The van der Waals surface area contributed by atoms with Crippen LogP contribution in [-0.2, 0) is 14.3 Å². The molecule has 5 heteroatoms. The smallest absolute Gasteiger partial charge is 0.323 e.